The molecule has 0 aliphatic carbocycles. The number of hydrogen-bond acceptors (Lipinski definition) is 30. The number of fused-ring (bicyclic) bond motifs is 2. The van der Waals surface area contributed by atoms with E-state index < -0.39 is 0 Å². The monoisotopic (exact) mass is 1710 g/mol. The Labute approximate surface area is 731 Å². The van der Waals surface area contributed by atoms with E-state index in [0.29, 0.717) is 138 Å². The molecular weight excluding hydrogens is 1600 g/mol. The van der Waals surface area contributed by atoms with Crippen LogP contribution in [-0.2, 0) is 30.2 Å². The molecule has 4 fully saturated rings. The first-order valence-corrected chi connectivity index (χ1v) is 43.2. The number of morpholine rings is 3. The van der Waals surface area contributed by atoms with Gasteiger partial charge in [0.2, 0.25) is 11.8 Å². The first-order valence-electron chi connectivity index (χ1n) is 42.0. The molecule has 0 spiro atoms. The molecule has 13 aromatic rings. The van der Waals surface area contributed by atoms with Crippen LogP contribution in [0.4, 0.5) is 58.0 Å². The molecule has 0 radical (unpaired) electrons. The van der Waals surface area contributed by atoms with Gasteiger partial charge in [0.15, 0.2) is 17.5 Å². The van der Waals surface area contributed by atoms with Crippen molar-refractivity contribution in [3.05, 3.63) is 239 Å². The number of aryl methyl sites for hydroxylation is 7. The number of nitrogens with zero attached hydrogens (tertiary/aromatic N) is 16. The van der Waals surface area contributed by atoms with Gasteiger partial charge in [-0.15, -0.1) is 0 Å². The first-order chi connectivity index (χ1) is 61.2. The van der Waals surface area contributed by atoms with Gasteiger partial charge in [-0.05, 0) is 131 Å². The maximum atomic E-state index is 11.7. The predicted octanol–water partition coefficient (Wildman–Crippen LogP) is 15.0. The summed E-state index contributed by atoms with van der Waals surface area (Å²) in [7, 11) is 0. The van der Waals surface area contributed by atoms with E-state index in [-0.39, 0.29) is 12.4 Å². The molecule has 0 amide bonds. The molecule has 0 bridgehead atoms. The number of hydrogen-bond donors (Lipinski definition) is 6. The Bertz CT molecular complexity index is 5500. The normalized spacial score (nSPS) is 14.0. The van der Waals surface area contributed by atoms with Crippen molar-refractivity contribution in [3.63, 3.8) is 0 Å². The minimum absolute atomic E-state index is 0.242. The van der Waals surface area contributed by atoms with Crippen molar-refractivity contribution in [3.8, 4) is 34.8 Å². The van der Waals surface area contributed by atoms with E-state index in [1.54, 1.807) is 37.9 Å². The number of carbonyl (C=O) groups is 1. The summed E-state index contributed by atoms with van der Waals surface area (Å²) in [6.07, 6.45) is 11.0. The molecule has 17 rings (SSSR count). The Morgan fingerprint density at radius 2 is 0.992 bits per heavy atom. The van der Waals surface area contributed by atoms with Gasteiger partial charge in [0.1, 0.15) is 72.8 Å². The molecule has 32 heteroatoms. The molecule has 4 aliphatic rings. The second kappa shape index (κ2) is 45.0. The molecule has 4 aliphatic heterocycles. The Morgan fingerprint density at radius 3 is 1.54 bits per heavy atom. The lowest BCUT2D eigenvalue weighted by molar-refractivity contribution is -0.143. The van der Waals surface area contributed by atoms with Crippen LogP contribution in [0.25, 0.3) is 33.2 Å². The van der Waals surface area contributed by atoms with Crippen molar-refractivity contribution in [2.75, 3.05) is 178 Å². The summed E-state index contributed by atoms with van der Waals surface area (Å²) in [5, 5.41) is 17.8. The quantitative estimate of drug-likeness (QED) is 0.0110. The molecule has 31 nitrogen and oxygen atoms in total. The lowest BCUT2D eigenvalue weighted by Gasteiger charge is -2.28. The fourth-order valence-corrected chi connectivity index (χ4v) is 14.8. The molecular formula is C93H106N22O9S. The number of aromatic amines is 2. The van der Waals surface area contributed by atoms with Crippen LogP contribution in [0.1, 0.15) is 63.9 Å². The number of benzene rings is 5. The van der Waals surface area contributed by atoms with E-state index in [2.05, 4.69) is 178 Å². The number of thioether (sulfide) groups is 1. The number of esters is 1. The van der Waals surface area contributed by atoms with Crippen LogP contribution in [0.3, 0.4) is 0 Å². The number of pyridine rings is 2. The van der Waals surface area contributed by atoms with Crippen molar-refractivity contribution in [2.45, 2.75) is 61.3 Å². The summed E-state index contributed by atoms with van der Waals surface area (Å²) in [4.78, 5) is 72.7. The summed E-state index contributed by atoms with van der Waals surface area (Å²) >= 11 is 1.99. The Hall–Kier alpha value is -13.6. The van der Waals surface area contributed by atoms with E-state index in [0.717, 1.165) is 126 Å². The number of carbonyl (C=O) groups excluding carboxylic acids is 1. The van der Waals surface area contributed by atoms with Crippen molar-refractivity contribution in [2.24, 2.45) is 10.2 Å². The average Bonchev–Trinajstić information content (AvgIpc) is 1.59. The smallest absolute Gasteiger partial charge is 0.320 e. The van der Waals surface area contributed by atoms with Crippen LogP contribution in [0.2, 0.25) is 0 Å². The highest BCUT2D eigenvalue weighted by Crippen LogP contribution is 2.32. The van der Waals surface area contributed by atoms with E-state index in [1.165, 1.54) is 44.4 Å². The van der Waals surface area contributed by atoms with Gasteiger partial charge in [0, 0.05) is 157 Å². The third-order valence-corrected chi connectivity index (χ3v) is 21.5. The number of ether oxygens (including phenoxy) is 8. The van der Waals surface area contributed by atoms with E-state index in [9.17, 15) is 4.79 Å². The zero-order valence-corrected chi connectivity index (χ0v) is 72.4. The van der Waals surface area contributed by atoms with Crippen LogP contribution in [-0.4, -0.2) is 215 Å². The second-order valence-corrected chi connectivity index (χ2v) is 30.9. The number of H-pyrrole nitrogens is 2. The van der Waals surface area contributed by atoms with Crippen molar-refractivity contribution >= 4 is 110 Å². The van der Waals surface area contributed by atoms with Crippen LogP contribution in [0, 0.1) is 41.5 Å². The molecule has 0 saturated carbocycles. The highest BCUT2D eigenvalue weighted by molar-refractivity contribution is 7.99. The predicted molar refractivity (Wildman–Crippen MR) is 495 cm³/mol. The standard InChI is InChI=1S/2C25H28N6O3.C22H23N5S.C21H27N5O3/c1-17-18(2)27-22-6-5-19(14-21(17)22)28-25-29-23(31-8-10-32-11-9-31)15-24(30-25)34-13-12-33-20-4-3-7-26-16-20;1-17-18(2)27-22-6-5-19(14-21(17)22)28-23-15-24(31-8-10-32-11-9-31)30-25(29-23)34-13-12-33-20-4-3-7-26-16-20;1-17-6-5-7-18(14-17)16-23-26-20-15-21(27-10-12-28-13-11-27)25-22(24-20)19-8-3-2-4-9-19;1-3-29-21(27)8-7-18-23-19(14-20(24-18)26-9-11-28-12-10-26)25-22-15-17-6-4-5-16(2)13-17/h2*3-7,14-16,27H,8-13H2,1-2H3,(H,28,29,30);2-9,14-16H,10-13H2,1H3,(H,24,25,26);4-6,13-15H,3,7-12H2,1-2H3,(H,23,24,25)/b;;23-16+;22-15+. The Morgan fingerprint density at radius 1 is 0.480 bits per heavy atom. The van der Waals surface area contributed by atoms with E-state index >= 15 is 0 Å². The number of hydrazone groups is 2. The molecule has 12 heterocycles. The number of rotatable bonds is 29. The summed E-state index contributed by atoms with van der Waals surface area (Å²) in [5.41, 5.74) is 20.4. The number of nitrogens with one attached hydrogen (secondary N) is 6. The van der Waals surface area contributed by atoms with Gasteiger partial charge in [-0.1, -0.05) is 90.0 Å². The molecule has 125 heavy (non-hydrogen) atoms. The molecule has 4 saturated heterocycles. The molecule has 6 N–H and O–H groups in total. The van der Waals surface area contributed by atoms with Crippen LogP contribution >= 0.6 is 11.8 Å². The molecule has 0 atom stereocenters. The van der Waals surface area contributed by atoms with Gasteiger partial charge in [0.25, 0.3) is 0 Å². The van der Waals surface area contributed by atoms with Gasteiger partial charge in [-0.3, -0.25) is 25.6 Å². The minimum atomic E-state index is -0.250. The fraction of sp³-hybridized carbons (Fsp3) is 0.323. The molecule has 8 aromatic heterocycles. The molecule has 5 aromatic carbocycles. The summed E-state index contributed by atoms with van der Waals surface area (Å²) in [5.74, 6) is 11.0. The van der Waals surface area contributed by atoms with E-state index in [1.807, 2.05) is 146 Å². The molecule has 0 unspecified atom stereocenters. The zero-order chi connectivity index (χ0) is 86.3. The average molecular weight is 1710 g/mol. The first kappa shape index (κ1) is 87.8. The van der Waals surface area contributed by atoms with Gasteiger partial charge in [0.05, 0.1) is 77.5 Å². The van der Waals surface area contributed by atoms with Crippen molar-refractivity contribution in [1.82, 2.24) is 59.8 Å². The zero-order valence-electron chi connectivity index (χ0n) is 71.6. The lowest BCUT2D eigenvalue weighted by atomic mass is 10.1. The van der Waals surface area contributed by atoms with Gasteiger partial charge >= 0.3 is 12.0 Å². The third-order valence-electron chi connectivity index (χ3n) is 20.6. The lowest BCUT2D eigenvalue weighted by Crippen LogP contribution is -2.37. The van der Waals surface area contributed by atoms with Crippen LogP contribution in [0.15, 0.2) is 199 Å². The van der Waals surface area contributed by atoms with Crippen molar-refractivity contribution < 1.29 is 42.7 Å². The maximum Gasteiger partial charge on any atom is 0.320 e. The second-order valence-electron chi connectivity index (χ2n) is 29.7. The highest BCUT2D eigenvalue weighted by atomic mass is 32.2. The summed E-state index contributed by atoms with van der Waals surface area (Å²) in [6, 6.07) is 54.2. The van der Waals surface area contributed by atoms with Crippen LogP contribution < -0.4 is 60.0 Å². The summed E-state index contributed by atoms with van der Waals surface area (Å²) in [6.45, 7) is 26.7. The minimum Gasteiger partial charge on any atom is -0.488 e. The fourth-order valence-electron chi connectivity index (χ4n) is 13.9. The number of anilines is 10. The van der Waals surface area contributed by atoms with Crippen LogP contribution in [0.5, 0.6) is 23.4 Å². The third kappa shape index (κ3) is 26.2. The van der Waals surface area contributed by atoms with Gasteiger partial charge in [-0.25, -0.2) is 19.9 Å². The maximum absolute atomic E-state index is 11.7. The highest BCUT2D eigenvalue weighted by Gasteiger charge is 2.22. The van der Waals surface area contributed by atoms with Gasteiger partial charge in [-0.2, -0.15) is 41.9 Å². The SMILES string of the molecule is CCOC(=O)CCc1nc(N/N=C/c2cccc(C)c2)cc(N2CCOCC2)n1.Cc1[nH]c2ccc(Nc3cc(N4CCOCC4)nc(OCCOc4cccnc4)n3)cc2c1C.Cc1[nH]c2ccc(Nc3nc(OCCOc4cccnc4)cc(N4CCOCC4)n3)cc2c1C.Cc1cccc(/C=N/Nc2cc(N3CCSCC3)nc(-c3ccccc3)n2)c1. The van der Waals surface area contributed by atoms with E-state index in [4.69, 9.17) is 47.9 Å². The van der Waals surface area contributed by atoms with Crippen molar-refractivity contribution in [1.29, 1.82) is 0 Å². The Balaban J connectivity index is 0.000000136. The van der Waals surface area contributed by atoms with Gasteiger partial charge < -0.3 is 78.1 Å². The topological polar surface area (TPSA) is 337 Å². The summed E-state index contributed by atoms with van der Waals surface area (Å²) < 4.78 is 44.6. The largest absolute Gasteiger partial charge is 0.488 e. The number of aromatic nitrogens is 12. The molecule has 648 valence electrons. The Kier molecular flexibility index (Phi) is 31.6.